The van der Waals surface area contributed by atoms with Crippen molar-refractivity contribution in [3.63, 3.8) is 0 Å². The van der Waals surface area contributed by atoms with Crippen LogP contribution in [0.25, 0.3) is 291 Å². The van der Waals surface area contributed by atoms with E-state index in [0.29, 0.717) is 6.61 Å². The lowest BCUT2D eigenvalue weighted by atomic mass is 9.61. The lowest BCUT2D eigenvalue weighted by Crippen LogP contribution is -2.57. The van der Waals surface area contributed by atoms with Crippen molar-refractivity contribution in [3.05, 3.63) is 52.1 Å². The van der Waals surface area contributed by atoms with Gasteiger partial charge in [-0.1, -0.05) is 12.1 Å². The molecule has 1 heterocycles. The van der Waals surface area contributed by atoms with Gasteiger partial charge in [0.15, 0.2) is 11.2 Å². The van der Waals surface area contributed by atoms with Gasteiger partial charge in [-0.15, -0.1) is 0 Å². The summed E-state index contributed by atoms with van der Waals surface area (Å²) in [5.74, 6) is 0.993. The molecule has 5 aliphatic rings. The molecule has 2 spiro atoms. The topological polar surface area (TPSA) is 18.5 Å². The zero-order chi connectivity index (χ0) is 40.6. The third-order valence-corrected chi connectivity index (χ3v) is 24.8. The molecule has 1 aliphatic heterocycles. The predicted molar refractivity (Wildman–Crippen MR) is 286 cm³/mol. The Labute approximate surface area is 374 Å². The van der Waals surface area contributed by atoms with Crippen LogP contribution in [0.15, 0.2) is 24.3 Å². The Morgan fingerprint density at radius 1 is 0.232 bits per heavy atom. The van der Waals surface area contributed by atoms with E-state index in [2.05, 4.69) is 24.3 Å². The highest BCUT2D eigenvalue weighted by Crippen LogP contribution is 2.84. The number of hydrogen-bond donors (Lipinski definition) is 0. The Bertz CT molecular complexity index is 7170. The molecule has 0 unspecified atom stereocenters. The second-order valence-corrected chi connectivity index (χ2v) is 25.2. The zero-order valence-electron chi connectivity index (χ0n) is 34.8. The van der Waals surface area contributed by atoms with Gasteiger partial charge in [-0.25, -0.2) is 0 Å². The first-order valence-corrected chi connectivity index (χ1v) is 25.6. The second kappa shape index (κ2) is 5.60. The molecule has 29 aromatic rings. The molecule has 0 N–H and O–H groups in total. The van der Waals surface area contributed by atoms with Crippen molar-refractivity contribution in [1.82, 2.24) is 0 Å². The minimum atomic E-state index is -0.919. The summed E-state index contributed by atoms with van der Waals surface area (Å²) in [7, 11) is 0. The van der Waals surface area contributed by atoms with Gasteiger partial charge in [0.1, 0.15) is 5.75 Å². The van der Waals surface area contributed by atoms with E-state index < -0.39 is 11.2 Å². The van der Waals surface area contributed by atoms with Crippen LogP contribution in [0.3, 0.4) is 0 Å². The third kappa shape index (κ3) is 1.32. The van der Waals surface area contributed by atoms with E-state index in [4.69, 9.17) is 9.47 Å². The summed E-state index contributed by atoms with van der Waals surface area (Å²) in [6, 6.07) is 9.14. The van der Waals surface area contributed by atoms with Crippen LogP contribution in [0.2, 0.25) is 0 Å². The molecule has 0 atom stereocenters. The zero-order valence-corrected chi connectivity index (χ0v) is 34.8. The predicted octanol–water partition coefficient (Wildman–Crippen LogP) is 17.8. The van der Waals surface area contributed by atoms with Crippen LogP contribution in [-0.2, 0) is 22.5 Å². The Kier molecular flexibility index (Phi) is 2.03. The normalized spacial score (nSPS) is 22.6. The standard InChI is InChI=1S/C67H6O2/c1-2-6-4-7(3-1)69-67-64-58-52-42-34-24-16-12-9-8-10-14(16)22-30(24)44(52)50-40-32(22)26-18(10)19-11(8)15-17-13(9)21-20(12)28(34)38-39-29(21)35-25(17)31-23(15)33-27(19)37-36(26)46(40)54-55-47(37)41(33)51-45(31)53-43(35)49(39)61(60(64)48(38)42)65(67)59(53)57(51)63(55)66(67,68-5-6)62(54)56(50)58/h1-4H,5H2. The third-order valence-electron chi connectivity index (χ3n) is 24.8. The van der Waals surface area contributed by atoms with Gasteiger partial charge in [0, 0.05) is 22.3 Å². The van der Waals surface area contributed by atoms with Crippen LogP contribution >= 0.6 is 0 Å². The molecule has 34 rings (SSSR count). The van der Waals surface area contributed by atoms with Crippen LogP contribution in [0.1, 0.15) is 27.8 Å². The summed E-state index contributed by atoms with van der Waals surface area (Å²) < 4.78 is 17.0. The van der Waals surface area contributed by atoms with Gasteiger partial charge in [0.05, 0.1) is 6.61 Å². The SMILES string of the molecule is c1cc2cc(c1)OC13c4c5c6c7c8c9c(c%10c%11c1c1c4c4c%12c5c5c6c6c8c8c%13c9c9c%10c%10c%11c%11c1c1c4c4c%12c%12c5c5c6c8c6c8c%13c9c9c%10c%10c%11c1c1c4c4c%12c5c6c5c8c9c%10c1c45)C73OC2. The molecule has 0 aromatic heterocycles. The highest BCUT2D eigenvalue weighted by atomic mass is 16.6. The Morgan fingerprint density at radius 2 is 0.435 bits per heavy atom. The maximum Gasteiger partial charge on any atom is 0.199 e. The lowest BCUT2D eigenvalue weighted by molar-refractivity contribution is -0.144. The van der Waals surface area contributed by atoms with E-state index in [1.54, 1.807) is 248 Å². The first-order valence-electron chi connectivity index (χ1n) is 25.6. The summed E-state index contributed by atoms with van der Waals surface area (Å²) in [5, 5.41) is 86.0. The molecule has 286 valence electrons. The highest BCUT2D eigenvalue weighted by Gasteiger charge is 2.73. The van der Waals surface area contributed by atoms with Crippen LogP contribution in [0, 0.1) is 0 Å². The fourth-order valence-electron chi connectivity index (χ4n) is 24.6. The number of ether oxygens (including phenoxy) is 2. The molecule has 0 amide bonds. The van der Waals surface area contributed by atoms with E-state index in [9.17, 15) is 0 Å². The fraction of sp³-hybridized carbons (Fsp3) is 0.0448. The molecule has 2 heteroatoms. The van der Waals surface area contributed by atoms with Crippen molar-refractivity contribution in [2.45, 2.75) is 17.8 Å². The molecule has 0 fully saturated rings. The molecule has 69 heavy (non-hydrogen) atoms. The molecule has 0 radical (unpaired) electrons. The average molecular weight is 843 g/mol. The molecule has 2 nitrogen and oxygen atoms in total. The maximum atomic E-state index is 8.56. The number of fused-ring (bicyclic) bond motifs is 2. The van der Waals surface area contributed by atoms with E-state index in [-0.39, 0.29) is 0 Å². The average Bonchev–Trinajstić information content (AvgIpc) is 4.27. The van der Waals surface area contributed by atoms with Gasteiger partial charge in [0.25, 0.3) is 0 Å². The molecule has 2 bridgehead atoms. The van der Waals surface area contributed by atoms with Crippen molar-refractivity contribution in [3.8, 4) is 5.75 Å². The molecular weight excluding hydrogens is 837 g/mol. The fourth-order valence-corrected chi connectivity index (χ4v) is 24.6. The quantitative estimate of drug-likeness (QED) is 0.142. The maximum absolute atomic E-state index is 8.56. The van der Waals surface area contributed by atoms with Crippen LogP contribution < -0.4 is 4.74 Å². The van der Waals surface area contributed by atoms with Gasteiger partial charge < -0.3 is 9.47 Å². The summed E-state index contributed by atoms with van der Waals surface area (Å²) in [6.07, 6.45) is 0. The molecule has 0 saturated carbocycles. The number of rotatable bonds is 0. The largest absolute Gasteiger partial charge is 0.474 e. The van der Waals surface area contributed by atoms with Crippen LogP contribution in [0.4, 0.5) is 0 Å². The van der Waals surface area contributed by atoms with Gasteiger partial charge in [-0.3, -0.25) is 0 Å². The van der Waals surface area contributed by atoms with Crippen molar-refractivity contribution in [2.24, 2.45) is 0 Å². The minimum absolute atomic E-state index is 0.552. The van der Waals surface area contributed by atoms with E-state index in [1.165, 1.54) is 70.9 Å². The summed E-state index contributed by atoms with van der Waals surface area (Å²) in [5.41, 5.74) is 5.28. The Hall–Kier alpha value is -8.56. The molecule has 29 aromatic carbocycles. The van der Waals surface area contributed by atoms with Gasteiger partial charge in [-0.2, -0.15) is 0 Å². The molecule has 0 saturated heterocycles. The first kappa shape index (κ1) is 25.0. The number of benzene rings is 19. The number of hydrogen-bond acceptors (Lipinski definition) is 2. The van der Waals surface area contributed by atoms with Crippen molar-refractivity contribution >= 4 is 291 Å². The summed E-state index contributed by atoms with van der Waals surface area (Å²) in [4.78, 5) is 0. The Balaban J connectivity index is 1.20. The molecular formula is C67H6O2. The van der Waals surface area contributed by atoms with Gasteiger partial charge >= 0.3 is 0 Å². The smallest absolute Gasteiger partial charge is 0.199 e. The van der Waals surface area contributed by atoms with E-state index >= 15 is 0 Å². The first-order chi connectivity index (χ1) is 34.4. The van der Waals surface area contributed by atoms with Crippen molar-refractivity contribution in [1.29, 1.82) is 0 Å². The van der Waals surface area contributed by atoms with E-state index in [0.717, 1.165) is 5.75 Å². The highest BCUT2D eigenvalue weighted by molar-refractivity contribution is 6.82. The summed E-state index contributed by atoms with van der Waals surface area (Å²) in [6.45, 7) is 0.552. The van der Waals surface area contributed by atoms with Crippen LogP contribution in [-0.4, -0.2) is 0 Å². The molecule has 4 aliphatic carbocycles. The Morgan fingerprint density at radius 3 is 0.667 bits per heavy atom. The van der Waals surface area contributed by atoms with Crippen molar-refractivity contribution < 1.29 is 9.47 Å². The van der Waals surface area contributed by atoms with Crippen LogP contribution in [0.5, 0.6) is 5.75 Å². The van der Waals surface area contributed by atoms with Gasteiger partial charge in [-0.05, 0) is 309 Å². The van der Waals surface area contributed by atoms with Gasteiger partial charge in [0.2, 0.25) is 0 Å². The van der Waals surface area contributed by atoms with E-state index in [1.807, 2.05) is 0 Å². The minimum Gasteiger partial charge on any atom is -0.474 e. The second-order valence-electron chi connectivity index (χ2n) is 25.2. The van der Waals surface area contributed by atoms with Crippen molar-refractivity contribution in [2.75, 3.05) is 0 Å². The summed E-state index contributed by atoms with van der Waals surface area (Å²) >= 11 is 0. The monoisotopic (exact) mass is 842 g/mol. The lowest BCUT2D eigenvalue weighted by Gasteiger charge is -2.53.